The largest absolute Gasteiger partial charge is 0.872 e. The van der Waals surface area contributed by atoms with E-state index in [1.807, 2.05) is 48.5 Å². The first kappa shape index (κ1) is 25.2. The summed E-state index contributed by atoms with van der Waals surface area (Å²) in [7, 11) is 0. The molecule has 2 aliphatic rings. The molecule has 0 bridgehead atoms. The first-order chi connectivity index (χ1) is 19.6. The molecule has 0 spiro atoms. The molecule has 1 saturated heterocycles. The van der Waals surface area contributed by atoms with E-state index in [0.29, 0.717) is 42.6 Å². The molecule has 1 atom stereocenters. The van der Waals surface area contributed by atoms with Crippen molar-refractivity contribution in [3.63, 3.8) is 0 Å². The van der Waals surface area contributed by atoms with E-state index in [1.165, 1.54) is 4.90 Å². The number of pyridine rings is 1. The minimum Gasteiger partial charge on any atom is -0.872 e. The number of H-pyrrole nitrogens is 1. The van der Waals surface area contributed by atoms with Crippen LogP contribution in [0.25, 0.3) is 5.76 Å². The van der Waals surface area contributed by atoms with Crippen molar-refractivity contribution in [2.45, 2.75) is 19.2 Å². The predicted octanol–water partition coefficient (Wildman–Crippen LogP) is 3.28. The van der Waals surface area contributed by atoms with Gasteiger partial charge in [0, 0.05) is 17.2 Å². The average molecular weight is 535 g/mol. The lowest BCUT2D eigenvalue weighted by atomic mass is 9.95. The number of hydrogen-bond donors (Lipinski definition) is 0. The van der Waals surface area contributed by atoms with Gasteiger partial charge in [-0.05, 0) is 47.0 Å². The molecule has 2 aliphatic heterocycles. The number of aromatic nitrogens is 1. The van der Waals surface area contributed by atoms with Gasteiger partial charge in [-0.15, -0.1) is 0 Å². The van der Waals surface area contributed by atoms with E-state index in [4.69, 9.17) is 14.2 Å². The molecule has 40 heavy (non-hydrogen) atoms. The molecule has 1 unspecified atom stereocenters. The highest BCUT2D eigenvalue weighted by molar-refractivity contribution is 6.46. The van der Waals surface area contributed by atoms with Gasteiger partial charge in [-0.25, -0.2) is 4.98 Å². The Morgan fingerprint density at radius 3 is 2.50 bits per heavy atom. The number of aromatic amines is 1. The van der Waals surface area contributed by atoms with E-state index in [0.717, 1.165) is 11.1 Å². The Morgan fingerprint density at radius 1 is 0.900 bits per heavy atom. The van der Waals surface area contributed by atoms with E-state index >= 15 is 0 Å². The first-order valence-corrected chi connectivity index (χ1v) is 13.0. The fourth-order valence-electron chi connectivity index (χ4n) is 4.96. The highest BCUT2D eigenvalue weighted by Crippen LogP contribution is 2.41. The van der Waals surface area contributed by atoms with Crippen LogP contribution in [0, 0.1) is 0 Å². The van der Waals surface area contributed by atoms with E-state index in [2.05, 4.69) is 4.98 Å². The van der Waals surface area contributed by atoms with Crippen LogP contribution in [-0.4, -0.2) is 29.8 Å². The normalized spacial score (nSPS) is 17.6. The van der Waals surface area contributed by atoms with Gasteiger partial charge in [0.15, 0.2) is 23.9 Å². The number of fused-ring (bicyclic) bond motifs is 1. The van der Waals surface area contributed by atoms with Crippen LogP contribution in [0.1, 0.15) is 28.3 Å². The Kier molecular flexibility index (Phi) is 6.89. The molecule has 3 aromatic carbocycles. The van der Waals surface area contributed by atoms with Gasteiger partial charge in [-0.2, -0.15) is 0 Å². The molecule has 200 valence electrons. The Balaban J connectivity index is 1.41. The minimum atomic E-state index is -0.902. The molecule has 8 nitrogen and oxygen atoms in total. The van der Waals surface area contributed by atoms with Gasteiger partial charge in [0.2, 0.25) is 5.78 Å². The van der Waals surface area contributed by atoms with Gasteiger partial charge in [0.1, 0.15) is 25.6 Å². The van der Waals surface area contributed by atoms with Crippen LogP contribution in [0.2, 0.25) is 0 Å². The Morgan fingerprint density at radius 2 is 1.70 bits per heavy atom. The van der Waals surface area contributed by atoms with Crippen molar-refractivity contribution < 1.29 is 33.9 Å². The van der Waals surface area contributed by atoms with Gasteiger partial charge in [0.25, 0.3) is 5.91 Å². The molecular formula is C32H26N2O6. The third-order valence-corrected chi connectivity index (χ3v) is 6.88. The van der Waals surface area contributed by atoms with Crippen LogP contribution in [-0.2, 0) is 22.7 Å². The van der Waals surface area contributed by atoms with Crippen LogP contribution in [0.4, 0.5) is 0 Å². The number of rotatable bonds is 7. The van der Waals surface area contributed by atoms with Crippen molar-refractivity contribution in [3.8, 4) is 17.2 Å². The molecule has 8 heteroatoms. The molecule has 1 amide bonds. The number of carbonyl (C=O) groups excluding carboxylic acids is 2. The second kappa shape index (κ2) is 10.9. The number of likely N-dealkylation sites (tertiary alicyclic amines) is 1. The summed E-state index contributed by atoms with van der Waals surface area (Å²) < 4.78 is 17.2. The smallest absolute Gasteiger partial charge is 0.295 e. The van der Waals surface area contributed by atoms with Gasteiger partial charge >= 0.3 is 0 Å². The third-order valence-electron chi connectivity index (χ3n) is 6.88. The highest BCUT2D eigenvalue weighted by Gasteiger charge is 2.44. The summed E-state index contributed by atoms with van der Waals surface area (Å²) in [4.78, 5) is 31.3. The zero-order valence-corrected chi connectivity index (χ0v) is 21.5. The quantitative estimate of drug-likeness (QED) is 0.205. The summed E-state index contributed by atoms with van der Waals surface area (Å²) >= 11 is 0. The van der Waals surface area contributed by atoms with Crippen LogP contribution >= 0.6 is 0 Å². The van der Waals surface area contributed by atoms with E-state index in [-0.39, 0.29) is 17.7 Å². The van der Waals surface area contributed by atoms with Crippen molar-refractivity contribution in [2.24, 2.45) is 0 Å². The van der Waals surface area contributed by atoms with Gasteiger partial charge < -0.3 is 24.2 Å². The van der Waals surface area contributed by atoms with Crippen molar-refractivity contribution in [3.05, 3.63) is 125 Å². The molecule has 4 aromatic rings. The lowest BCUT2D eigenvalue weighted by Gasteiger charge is -2.28. The summed E-state index contributed by atoms with van der Waals surface area (Å²) in [5.74, 6) is -0.557. The Hall–Kier alpha value is -5.11. The molecular weight excluding hydrogens is 508 g/mol. The first-order valence-electron chi connectivity index (χ1n) is 13.0. The summed E-state index contributed by atoms with van der Waals surface area (Å²) in [6, 6.07) is 24.5. The number of nitrogens with zero attached hydrogens (tertiary/aromatic N) is 1. The number of nitrogens with one attached hydrogen (secondary N) is 1. The monoisotopic (exact) mass is 534 g/mol. The van der Waals surface area contributed by atoms with Crippen LogP contribution < -0.4 is 24.3 Å². The molecule has 3 heterocycles. The Labute approximate surface area is 231 Å². The van der Waals surface area contributed by atoms with E-state index < -0.39 is 23.5 Å². The average Bonchev–Trinajstić information content (AvgIpc) is 3.25. The number of ether oxygens (including phenoxy) is 3. The molecule has 0 radical (unpaired) electrons. The van der Waals surface area contributed by atoms with Crippen molar-refractivity contribution >= 4 is 17.4 Å². The van der Waals surface area contributed by atoms with Crippen molar-refractivity contribution in [1.29, 1.82) is 0 Å². The summed E-state index contributed by atoms with van der Waals surface area (Å²) in [6.45, 7) is 1.27. The molecule has 1 N–H and O–H groups in total. The highest BCUT2D eigenvalue weighted by atomic mass is 16.6. The number of ketones is 1. The van der Waals surface area contributed by atoms with E-state index in [1.54, 1.807) is 48.8 Å². The zero-order chi connectivity index (χ0) is 27.5. The van der Waals surface area contributed by atoms with Gasteiger partial charge in [-0.1, -0.05) is 54.3 Å². The summed E-state index contributed by atoms with van der Waals surface area (Å²) in [5, 5.41) is 13.9. The predicted molar refractivity (Wildman–Crippen MR) is 143 cm³/mol. The lowest BCUT2D eigenvalue weighted by molar-refractivity contribution is -0.378. The minimum absolute atomic E-state index is 0.109. The molecule has 0 aliphatic carbocycles. The SMILES string of the molecule is O=C1C(=O)N(Cc2ccc[nH+]c2)C(c2cccc(OCc3ccccc3)c2)/C1=C(\[O-])c1ccc2c(c1)OCCO2. The van der Waals surface area contributed by atoms with Gasteiger partial charge in [0.05, 0.1) is 12.6 Å². The topological polar surface area (TPSA) is 102 Å². The Bertz CT molecular complexity index is 1590. The third kappa shape index (κ3) is 4.99. The van der Waals surface area contributed by atoms with Gasteiger partial charge in [-0.3, -0.25) is 9.59 Å². The van der Waals surface area contributed by atoms with Crippen molar-refractivity contribution in [1.82, 2.24) is 4.90 Å². The second-order valence-electron chi connectivity index (χ2n) is 9.52. The number of carbonyl (C=O) groups is 2. The van der Waals surface area contributed by atoms with Crippen LogP contribution in [0.15, 0.2) is 103 Å². The molecule has 0 saturated carbocycles. The second-order valence-corrected chi connectivity index (χ2v) is 9.52. The van der Waals surface area contributed by atoms with Crippen LogP contribution in [0.3, 0.4) is 0 Å². The maximum atomic E-state index is 13.9. The summed E-state index contributed by atoms with van der Waals surface area (Å²) in [6.07, 6.45) is 3.52. The number of benzene rings is 3. The molecule has 1 fully saturated rings. The maximum Gasteiger partial charge on any atom is 0.295 e. The molecule has 6 rings (SSSR count). The van der Waals surface area contributed by atoms with Crippen molar-refractivity contribution in [2.75, 3.05) is 13.2 Å². The van der Waals surface area contributed by atoms with E-state index in [9.17, 15) is 14.7 Å². The van der Waals surface area contributed by atoms with Crippen LogP contribution in [0.5, 0.6) is 17.2 Å². The fraction of sp³-hybridized carbons (Fsp3) is 0.156. The summed E-state index contributed by atoms with van der Waals surface area (Å²) in [5.41, 5.74) is 2.53. The number of hydrogen-bond acceptors (Lipinski definition) is 6. The number of Topliss-reactive ketones (excluding diaryl/α,β-unsaturated/α-hetero) is 1. The number of amides is 1. The lowest BCUT2D eigenvalue weighted by Crippen LogP contribution is -2.29. The maximum absolute atomic E-state index is 13.9. The fourth-order valence-corrected chi connectivity index (χ4v) is 4.96. The standard InChI is InChI=1S/C32H26N2O6/c35-30(24-11-12-26-27(17-24)39-15-14-38-26)28-29(34(32(37)31(28)36)19-22-8-5-13-33-18-22)23-9-4-10-25(16-23)40-20-21-6-2-1-3-7-21/h1-13,16-18,29,35H,14-15,19-20H2/b30-28+. The zero-order valence-electron chi connectivity index (χ0n) is 21.5. The molecule has 1 aromatic heterocycles.